The Hall–Kier alpha value is -0.810. The van der Waals surface area contributed by atoms with Gasteiger partial charge in [-0.25, -0.2) is 4.79 Å². The van der Waals surface area contributed by atoms with Crippen LogP contribution in [0.4, 0.5) is 0 Å². The van der Waals surface area contributed by atoms with E-state index in [0.29, 0.717) is 0 Å². The molecule has 0 aromatic rings. The van der Waals surface area contributed by atoms with Crippen molar-refractivity contribution in [3.05, 3.63) is 0 Å². The average molecular weight is 312 g/mol. The van der Waals surface area contributed by atoms with Crippen molar-refractivity contribution < 1.29 is 45.3 Å². The summed E-state index contributed by atoms with van der Waals surface area (Å²) in [6.07, 6.45) is -12.3. The van der Waals surface area contributed by atoms with Crippen molar-refractivity contribution in [2.24, 2.45) is 0 Å². The van der Waals surface area contributed by atoms with Crippen molar-refractivity contribution in [3.8, 4) is 0 Å². The smallest absolute Gasteiger partial charge is 0.338 e. The molecule has 0 rings (SSSR count). The lowest BCUT2D eigenvalue weighted by Crippen LogP contribution is -2.54. The fourth-order valence-corrected chi connectivity index (χ4v) is 1.43. The number of carbonyl (C=O) groups excluding carboxylic acids is 1. The Morgan fingerprint density at radius 2 is 1.33 bits per heavy atom. The Morgan fingerprint density at radius 1 is 0.905 bits per heavy atom. The first kappa shape index (κ1) is 20.2. The molecule has 21 heavy (non-hydrogen) atoms. The predicted molar refractivity (Wildman–Crippen MR) is 69.0 cm³/mol. The largest absolute Gasteiger partial charge is 0.458 e. The van der Waals surface area contributed by atoms with Crippen LogP contribution in [0, 0.1) is 0 Å². The van der Waals surface area contributed by atoms with E-state index in [0.717, 1.165) is 0 Å². The molecule has 0 bridgehead atoms. The number of aliphatic hydroxyl groups excluding tert-OH is 7. The van der Waals surface area contributed by atoms with Crippen LogP contribution in [0.5, 0.6) is 0 Å². The number of hydrogen-bond donors (Lipinski definition) is 7. The molecule has 0 aliphatic carbocycles. The molecule has 7 N–H and O–H groups in total. The van der Waals surface area contributed by atoms with E-state index in [1.165, 1.54) is 20.8 Å². The summed E-state index contributed by atoms with van der Waals surface area (Å²) in [5, 5.41) is 65.4. The molecule has 0 radical (unpaired) electrons. The normalized spacial score (nSPS) is 21.0. The summed E-state index contributed by atoms with van der Waals surface area (Å²) < 4.78 is 4.79. The topological polar surface area (TPSA) is 168 Å². The zero-order valence-electron chi connectivity index (χ0n) is 12.1. The van der Waals surface area contributed by atoms with E-state index < -0.39 is 54.8 Å². The highest BCUT2D eigenvalue weighted by molar-refractivity contribution is 5.75. The number of carbonyl (C=O) groups is 1. The standard InChI is InChI=1S/C12H24O9/c1-12(2,3)21-11(20)10(19)9(18)8(17)7(16)6(15)5(14)4-13/h5-10,13-19H,4H2,1-3H3/t5-,6+,7+,8-,9-,10+/m1/s1. The van der Waals surface area contributed by atoms with Crippen LogP contribution < -0.4 is 0 Å². The summed E-state index contributed by atoms with van der Waals surface area (Å²) in [6.45, 7) is 3.68. The number of aliphatic hydroxyl groups is 7. The summed E-state index contributed by atoms with van der Waals surface area (Å²) >= 11 is 0. The van der Waals surface area contributed by atoms with Gasteiger partial charge in [0, 0.05) is 0 Å². The Kier molecular flexibility index (Phi) is 7.68. The minimum absolute atomic E-state index is 0.893. The first-order chi connectivity index (χ1) is 9.42. The van der Waals surface area contributed by atoms with E-state index in [2.05, 4.69) is 0 Å². The van der Waals surface area contributed by atoms with Crippen LogP contribution in [0.2, 0.25) is 0 Å². The summed E-state index contributed by atoms with van der Waals surface area (Å²) in [6, 6.07) is 0. The number of rotatable bonds is 7. The highest BCUT2D eigenvalue weighted by Crippen LogP contribution is 2.14. The third kappa shape index (κ3) is 6.22. The second-order valence-electron chi connectivity index (χ2n) is 5.69. The molecule has 0 fully saturated rings. The van der Waals surface area contributed by atoms with E-state index in [1.807, 2.05) is 0 Å². The van der Waals surface area contributed by atoms with E-state index in [9.17, 15) is 30.3 Å². The number of esters is 1. The maximum atomic E-state index is 11.5. The zero-order chi connectivity index (χ0) is 17.0. The van der Waals surface area contributed by atoms with Crippen LogP contribution in [-0.2, 0) is 9.53 Å². The second-order valence-corrected chi connectivity index (χ2v) is 5.69. The van der Waals surface area contributed by atoms with Crippen molar-refractivity contribution in [1.29, 1.82) is 0 Å². The molecule has 6 atom stereocenters. The Balaban J connectivity index is 4.75. The van der Waals surface area contributed by atoms with Gasteiger partial charge in [0.15, 0.2) is 6.10 Å². The molecule has 0 unspecified atom stereocenters. The zero-order valence-corrected chi connectivity index (χ0v) is 12.1. The Bertz CT molecular complexity index is 327. The van der Waals surface area contributed by atoms with Crippen LogP contribution in [-0.4, -0.2) is 90.5 Å². The van der Waals surface area contributed by atoms with Crippen LogP contribution in [0.3, 0.4) is 0 Å². The minimum Gasteiger partial charge on any atom is -0.458 e. The van der Waals surface area contributed by atoms with Crippen LogP contribution >= 0.6 is 0 Å². The van der Waals surface area contributed by atoms with Crippen molar-refractivity contribution in [2.45, 2.75) is 63.0 Å². The van der Waals surface area contributed by atoms with Gasteiger partial charge in [-0.1, -0.05) is 0 Å². The molecule has 9 heteroatoms. The molecule has 0 aromatic carbocycles. The average Bonchev–Trinajstić information content (AvgIpc) is 2.40. The van der Waals surface area contributed by atoms with Gasteiger partial charge in [0.2, 0.25) is 0 Å². The highest BCUT2D eigenvalue weighted by Gasteiger charge is 2.40. The summed E-state index contributed by atoms with van der Waals surface area (Å²) in [5.41, 5.74) is -0.937. The van der Waals surface area contributed by atoms with Gasteiger partial charge in [-0.05, 0) is 20.8 Å². The maximum Gasteiger partial charge on any atom is 0.338 e. The molecular weight excluding hydrogens is 288 g/mol. The van der Waals surface area contributed by atoms with Gasteiger partial charge in [-0.2, -0.15) is 0 Å². The molecule has 0 amide bonds. The minimum atomic E-state index is -2.16. The van der Waals surface area contributed by atoms with Crippen molar-refractivity contribution in [2.75, 3.05) is 6.61 Å². The third-order valence-corrected chi connectivity index (χ3v) is 2.60. The van der Waals surface area contributed by atoms with Gasteiger partial charge in [-0.15, -0.1) is 0 Å². The van der Waals surface area contributed by atoms with E-state index in [-0.39, 0.29) is 0 Å². The molecule has 0 aliphatic heterocycles. The van der Waals surface area contributed by atoms with E-state index >= 15 is 0 Å². The van der Waals surface area contributed by atoms with Gasteiger partial charge < -0.3 is 40.5 Å². The summed E-state index contributed by atoms with van der Waals surface area (Å²) in [7, 11) is 0. The van der Waals surface area contributed by atoms with Gasteiger partial charge in [0.05, 0.1) is 6.61 Å². The number of ether oxygens (including phenoxy) is 1. The summed E-state index contributed by atoms with van der Waals surface area (Å²) in [5.74, 6) is -1.22. The van der Waals surface area contributed by atoms with E-state index in [1.54, 1.807) is 0 Å². The van der Waals surface area contributed by atoms with Crippen molar-refractivity contribution >= 4 is 5.97 Å². The lowest BCUT2D eigenvalue weighted by atomic mass is 9.96. The van der Waals surface area contributed by atoms with E-state index in [4.69, 9.17) is 14.9 Å². The Morgan fingerprint density at radius 3 is 1.71 bits per heavy atom. The molecule has 9 nitrogen and oxygen atoms in total. The molecule has 0 heterocycles. The van der Waals surface area contributed by atoms with Crippen LogP contribution in [0.25, 0.3) is 0 Å². The highest BCUT2D eigenvalue weighted by atomic mass is 16.6. The van der Waals surface area contributed by atoms with Crippen molar-refractivity contribution in [1.82, 2.24) is 0 Å². The van der Waals surface area contributed by atoms with Gasteiger partial charge >= 0.3 is 5.97 Å². The molecular formula is C12H24O9. The van der Waals surface area contributed by atoms with Gasteiger partial charge in [-0.3, -0.25) is 0 Å². The fourth-order valence-electron chi connectivity index (χ4n) is 1.43. The third-order valence-electron chi connectivity index (χ3n) is 2.60. The van der Waals surface area contributed by atoms with Crippen LogP contribution in [0.1, 0.15) is 20.8 Å². The molecule has 0 saturated carbocycles. The molecule has 126 valence electrons. The first-order valence-corrected chi connectivity index (χ1v) is 6.34. The van der Waals surface area contributed by atoms with Crippen molar-refractivity contribution in [3.63, 3.8) is 0 Å². The molecule has 0 spiro atoms. The van der Waals surface area contributed by atoms with Gasteiger partial charge in [0.1, 0.15) is 36.1 Å². The fraction of sp³-hybridized carbons (Fsp3) is 0.917. The van der Waals surface area contributed by atoms with Crippen LogP contribution in [0.15, 0.2) is 0 Å². The predicted octanol–water partition coefficient (Wildman–Crippen LogP) is -3.51. The SMILES string of the molecule is CC(C)(C)OC(=O)[C@@H](O)[C@H](O)[C@H](O)[C@@H](O)[C@@H](O)[C@H](O)CO. The maximum absolute atomic E-state index is 11.5. The summed E-state index contributed by atoms with van der Waals surface area (Å²) in [4.78, 5) is 11.5. The quantitative estimate of drug-likeness (QED) is 0.236. The molecule has 0 aromatic heterocycles. The second kappa shape index (κ2) is 7.99. The Labute approximate surface area is 122 Å². The lowest BCUT2D eigenvalue weighted by molar-refractivity contribution is -0.186. The molecule has 0 aliphatic rings. The lowest BCUT2D eigenvalue weighted by Gasteiger charge is -2.30. The molecule has 0 saturated heterocycles. The van der Waals surface area contributed by atoms with Gasteiger partial charge in [0.25, 0.3) is 0 Å². The number of hydrogen-bond acceptors (Lipinski definition) is 9. The first-order valence-electron chi connectivity index (χ1n) is 6.34. The monoisotopic (exact) mass is 312 g/mol.